The summed E-state index contributed by atoms with van der Waals surface area (Å²) in [6, 6.07) is 16.7. The number of benzene rings is 2. The number of fused-ring (bicyclic) bond motifs is 1. The predicted molar refractivity (Wildman–Crippen MR) is 100 cm³/mol. The van der Waals surface area contributed by atoms with Crippen molar-refractivity contribution in [3.8, 4) is 0 Å². The van der Waals surface area contributed by atoms with Gasteiger partial charge in [-0.25, -0.2) is 13.4 Å². The second kappa shape index (κ2) is 6.92. The molecule has 0 spiro atoms. The van der Waals surface area contributed by atoms with Crippen LogP contribution >= 0.6 is 0 Å². The number of amides is 1. The lowest BCUT2D eigenvalue weighted by molar-refractivity contribution is -0.132. The van der Waals surface area contributed by atoms with Crippen LogP contribution in [0.2, 0.25) is 0 Å². The first-order valence-corrected chi connectivity index (χ1v) is 10.1. The lowest BCUT2D eigenvalue weighted by Gasteiger charge is -2.26. The van der Waals surface area contributed by atoms with Gasteiger partial charge in [-0.15, -0.1) is 0 Å². The SMILES string of the molecule is C[C@H](c1ccccc1)N(C)C(=O)Cn1c(S(C)(=O)=O)nc2ccccc21. The number of nitrogens with zero attached hydrogens (tertiary/aromatic N) is 3. The number of sulfone groups is 1. The zero-order chi connectivity index (χ0) is 18.9. The Morgan fingerprint density at radius 2 is 1.73 bits per heavy atom. The Balaban J connectivity index is 1.94. The van der Waals surface area contributed by atoms with E-state index in [2.05, 4.69) is 4.98 Å². The van der Waals surface area contributed by atoms with Gasteiger partial charge in [-0.3, -0.25) is 4.79 Å². The van der Waals surface area contributed by atoms with E-state index in [-0.39, 0.29) is 23.7 Å². The van der Waals surface area contributed by atoms with E-state index in [1.54, 1.807) is 36.2 Å². The lowest BCUT2D eigenvalue weighted by atomic mass is 10.1. The summed E-state index contributed by atoms with van der Waals surface area (Å²) in [5.74, 6) is -0.186. The highest BCUT2D eigenvalue weighted by Crippen LogP contribution is 2.22. The Labute approximate surface area is 153 Å². The average Bonchev–Trinajstić information content (AvgIpc) is 3.00. The Kier molecular flexibility index (Phi) is 4.82. The number of carbonyl (C=O) groups excluding carboxylic acids is 1. The van der Waals surface area contributed by atoms with Crippen molar-refractivity contribution in [1.29, 1.82) is 0 Å². The molecule has 1 aromatic heterocycles. The number of hydrogen-bond acceptors (Lipinski definition) is 4. The molecule has 0 N–H and O–H groups in total. The van der Waals surface area contributed by atoms with Crippen molar-refractivity contribution in [3.63, 3.8) is 0 Å². The monoisotopic (exact) mass is 371 g/mol. The van der Waals surface area contributed by atoms with Gasteiger partial charge in [0.05, 0.1) is 17.1 Å². The number of likely N-dealkylation sites (N-methyl/N-ethyl adjacent to an activating group) is 1. The maximum absolute atomic E-state index is 12.8. The fourth-order valence-electron chi connectivity index (χ4n) is 2.91. The zero-order valence-electron chi connectivity index (χ0n) is 15.0. The minimum Gasteiger partial charge on any atom is -0.337 e. The van der Waals surface area contributed by atoms with Crippen LogP contribution in [0.4, 0.5) is 0 Å². The summed E-state index contributed by atoms with van der Waals surface area (Å²) < 4.78 is 25.7. The number of aromatic nitrogens is 2. The number of hydrogen-bond donors (Lipinski definition) is 0. The maximum atomic E-state index is 12.8. The summed E-state index contributed by atoms with van der Waals surface area (Å²) in [6.45, 7) is 1.85. The highest BCUT2D eigenvalue weighted by atomic mass is 32.2. The summed E-state index contributed by atoms with van der Waals surface area (Å²) in [6.07, 6.45) is 1.10. The van der Waals surface area contributed by atoms with E-state index in [1.165, 1.54) is 4.57 Å². The molecule has 136 valence electrons. The molecule has 0 aliphatic carbocycles. The molecule has 0 bridgehead atoms. The molecule has 2 aromatic carbocycles. The molecule has 0 aliphatic heterocycles. The van der Waals surface area contributed by atoms with Gasteiger partial charge in [-0.2, -0.15) is 0 Å². The van der Waals surface area contributed by atoms with Gasteiger partial charge in [0, 0.05) is 13.3 Å². The van der Waals surface area contributed by atoms with Gasteiger partial charge in [0.1, 0.15) is 6.54 Å². The van der Waals surface area contributed by atoms with Crippen LogP contribution in [0.5, 0.6) is 0 Å². The third kappa shape index (κ3) is 3.48. The summed E-state index contributed by atoms with van der Waals surface area (Å²) in [7, 11) is -1.84. The normalized spacial score (nSPS) is 12.9. The molecular weight excluding hydrogens is 350 g/mol. The van der Waals surface area contributed by atoms with Crippen molar-refractivity contribution in [1.82, 2.24) is 14.5 Å². The highest BCUT2D eigenvalue weighted by Gasteiger charge is 2.24. The predicted octanol–water partition coefficient (Wildman–Crippen LogP) is 2.66. The van der Waals surface area contributed by atoms with E-state index >= 15 is 0 Å². The van der Waals surface area contributed by atoms with Gasteiger partial charge in [0.25, 0.3) is 0 Å². The van der Waals surface area contributed by atoms with Crippen molar-refractivity contribution in [2.75, 3.05) is 13.3 Å². The van der Waals surface area contributed by atoms with Crippen molar-refractivity contribution in [3.05, 3.63) is 60.2 Å². The Morgan fingerprint density at radius 1 is 1.12 bits per heavy atom. The first-order chi connectivity index (χ1) is 12.3. The molecular formula is C19H21N3O3S. The molecule has 6 nitrogen and oxygen atoms in total. The molecule has 26 heavy (non-hydrogen) atoms. The summed E-state index contributed by atoms with van der Waals surface area (Å²) in [5.41, 5.74) is 2.20. The van der Waals surface area contributed by atoms with Crippen molar-refractivity contribution >= 4 is 26.8 Å². The van der Waals surface area contributed by atoms with Crippen LogP contribution in [0.15, 0.2) is 59.8 Å². The smallest absolute Gasteiger partial charge is 0.242 e. The Bertz CT molecular complexity index is 1040. The standard InChI is InChI=1S/C19H21N3O3S/c1-14(15-9-5-4-6-10-15)21(2)18(23)13-22-17-12-8-7-11-16(17)20-19(22)26(3,24)25/h4-12,14H,13H2,1-3H3/t14-/m1/s1. The number of rotatable bonds is 5. The molecule has 0 saturated carbocycles. The van der Waals surface area contributed by atoms with Gasteiger partial charge in [0.2, 0.25) is 20.9 Å². The second-order valence-corrected chi connectivity index (χ2v) is 8.24. The van der Waals surface area contributed by atoms with E-state index in [0.717, 1.165) is 11.8 Å². The number of carbonyl (C=O) groups is 1. The summed E-state index contributed by atoms with van der Waals surface area (Å²) >= 11 is 0. The fourth-order valence-corrected chi connectivity index (χ4v) is 3.73. The number of para-hydroxylation sites is 2. The van der Waals surface area contributed by atoms with Crippen molar-refractivity contribution < 1.29 is 13.2 Å². The molecule has 0 aliphatic rings. The first-order valence-electron chi connectivity index (χ1n) is 8.25. The third-order valence-corrected chi connectivity index (χ3v) is 5.48. The van der Waals surface area contributed by atoms with E-state index in [0.29, 0.717) is 11.0 Å². The van der Waals surface area contributed by atoms with Gasteiger partial charge in [-0.1, -0.05) is 42.5 Å². The van der Waals surface area contributed by atoms with Crippen LogP contribution < -0.4 is 0 Å². The van der Waals surface area contributed by atoms with Gasteiger partial charge in [0.15, 0.2) is 0 Å². The topological polar surface area (TPSA) is 72.3 Å². The molecule has 1 heterocycles. The summed E-state index contributed by atoms with van der Waals surface area (Å²) in [4.78, 5) is 18.7. The molecule has 0 saturated heterocycles. The van der Waals surface area contributed by atoms with Crippen LogP contribution in [-0.2, 0) is 21.2 Å². The highest BCUT2D eigenvalue weighted by molar-refractivity contribution is 7.90. The molecule has 1 atom stereocenters. The van der Waals surface area contributed by atoms with Crippen LogP contribution in [-0.4, -0.2) is 42.1 Å². The molecule has 0 unspecified atom stereocenters. The van der Waals surface area contributed by atoms with Gasteiger partial charge in [-0.05, 0) is 24.6 Å². The lowest BCUT2D eigenvalue weighted by Crippen LogP contribution is -2.33. The van der Waals surface area contributed by atoms with Gasteiger partial charge >= 0.3 is 0 Å². The Morgan fingerprint density at radius 3 is 2.38 bits per heavy atom. The van der Waals surface area contributed by atoms with Crippen LogP contribution in [0.25, 0.3) is 11.0 Å². The summed E-state index contributed by atoms with van der Waals surface area (Å²) in [5, 5.41) is -0.0900. The molecule has 1 amide bonds. The molecule has 0 fully saturated rings. The Hall–Kier alpha value is -2.67. The quantitative estimate of drug-likeness (QED) is 0.691. The number of imidazole rings is 1. The van der Waals surface area contributed by atoms with Crippen LogP contribution in [0.1, 0.15) is 18.5 Å². The minimum absolute atomic E-state index is 0.0867. The minimum atomic E-state index is -3.56. The van der Waals surface area contributed by atoms with E-state index < -0.39 is 9.84 Å². The van der Waals surface area contributed by atoms with E-state index in [1.807, 2.05) is 37.3 Å². The third-order valence-electron chi connectivity index (χ3n) is 4.50. The van der Waals surface area contributed by atoms with Crippen LogP contribution in [0.3, 0.4) is 0 Å². The second-order valence-electron chi connectivity index (χ2n) is 6.33. The maximum Gasteiger partial charge on any atom is 0.242 e. The van der Waals surface area contributed by atoms with Crippen molar-refractivity contribution in [2.24, 2.45) is 0 Å². The van der Waals surface area contributed by atoms with Crippen molar-refractivity contribution in [2.45, 2.75) is 24.7 Å². The van der Waals surface area contributed by atoms with Gasteiger partial charge < -0.3 is 9.47 Å². The molecule has 3 aromatic rings. The molecule has 3 rings (SSSR count). The first kappa shape index (κ1) is 18.1. The van der Waals surface area contributed by atoms with Crippen LogP contribution in [0, 0.1) is 0 Å². The van der Waals surface area contributed by atoms with E-state index in [4.69, 9.17) is 0 Å². The van der Waals surface area contributed by atoms with E-state index in [9.17, 15) is 13.2 Å². The largest absolute Gasteiger partial charge is 0.337 e. The fraction of sp³-hybridized carbons (Fsp3) is 0.263. The molecule has 7 heteroatoms. The molecule has 0 radical (unpaired) electrons. The average molecular weight is 371 g/mol. The zero-order valence-corrected chi connectivity index (χ0v) is 15.8.